The van der Waals surface area contributed by atoms with Crippen LogP contribution >= 0.6 is 0 Å². The SMILES string of the molecule is Cc1ccc(CNC(=O)N2C[C@H](C)C[C@H](O)C2)c2ccccc12. The predicted molar refractivity (Wildman–Crippen MR) is 92.3 cm³/mol. The van der Waals surface area contributed by atoms with E-state index in [0.29, 0.717) is 25.6 Å². The molecule has 122 valence electrons. The van der Waals surface area contributed by atoms with Crippen molar-refractivity contribution in [2.75, 3.05) is 13.1 Å². The minimum absolute atomic E-state index is 0.0970. The third-order valence-corrected chi connectivity index (χ3v) is 4.59. The molecule has 1 saturated heterocycles. The number of benzene rings is 2. The fourth-order valence-corrected chi connectivity index (χ4v) is 3.43. The van der Waals surface area contributed by atoms with Crippen LogP contribution in [0.2, 0.25) is 0 Å². The number of urea groups is 1. The van der Waals surface area contributed by atoms with Gasteiger partial charge < -0.3 is 15.3 Å². The molecule has 1 aliphatic rings. The number of amides is 2. The van der Waals surface area contributed by atoms with E-state index >= 15 is 0 Å². The summed E-state index contributed by atoms with van der Waals surface area (Å²) in [4.78, 5) is 14.1. The third kappa shape index (κ3) is 3.48. The van der Waals surface area contributed by atoms with E-state index in [9.17, 15) is 9.90 Å². The molecule has 2 atom stereocenters. The van der Waals surface area contributed by atoms with Crippen molar-refractivity contribution in [3.05, 3.63) is 47.5 Å². The molecular formula is C19H24N2O2. The van der Waals surface area contributed by atoms with Gasteiger partial charge in [-0.1, -0.05) is 43.3 Å². The molecule has 0 aliphatic carbocycles. The molecule has 23 heavy (non-hydrogen) atoms. The number of aryl methyl sites for hydroxylation is 1. The molecule has 0 bridgehead atoms. The first-order chi connectivity index (χ1) is 11.0. The van der Waals surface area contributed by atoms with Gasteiger partial charge in [0.1, 0.15) is 0 Å². The largest absolute Gasteiger partial charge is 0.391 e. The van der Waals surface area contributed by atoms with Gasteiger partial charge in [0.2, 0.25) is 0 Å². The van der Waals surface area contributed by atoms with Crippen LogP contribution in [-0.4, -0.2) is 35.2 Å². The fourth-order valence-electron chi connectivity index (χ4n) is 3.43. The van der Waals surface area contributed by atoms with E-state index in [0.717, 1.165) is 12.0 Å². The van der Waals surface area contributed by atoms with Crippen molar-refractivity contribution in [2.24, 2.45) is 5.92 Å². The smallest absolute Gasteiger partial charge is 0.317 e. The van der Waals surface area contributed by atoms with Gasteiger partial charge in [0.25, 0.3) is 0 Å². The summed E-state index contributed by atoms with van der Waals surface area (Å²) >= 11 is 0. The van der Waals surface area contributed by atoms with Crippen LogP contribution in [0.15, 0.2) is 36.4 Å². The topological polar surface area (TPSA) is 52.6 Å². The molecule has 0 saturated carbocycles. The lowest BCUT2D eigenvalue weighted by molar-refractivity contribution is 0.0604. The van der Waals surface area contributed by atoms with Crippen molar-refractivity contribution in [3.63, 3.8) is 0 Å². The Morgan fingerprint density at radius 3 is 2.70 bits per heavy atom. The van der Waals surface area contributed by atoms with Gasteiger partial charge in [-0.05, 0) is 41.2 Å². The summed E-state index contributed by atoms with van der Waals surface area (Å²) < 4.78 is 0. The number of fused-ring (bicyclic) bond motifs is 1. The lowest BCUT2D eigenvalue weighted by Crippen LogP contribution is -2.49. The zero-order chi connectivity index (χ0) is 16.4. The predicted octanol–water partition coefficient (Wildman–Crippen LogP) is 3.06. The maximum atomic E-state index is 12.4. The van der Waals surface area contributed by atoms with Crippen LogP contribution < -0.4 is 5.32 Å². The molecular weight excluding hydrogens is 288 g/mol. The number of carbonyl (C=O) groups excluding carboxylic acids is 1. The molecule has 1 heterocycles. The summed E-state index contributed by atoms with van der Waals surface area (Å²) in [6.07, 6.45) is 0.358. The van der Waals surface area contributed by atoms with Gasteiger partial charge in [-0.25, -0.2) is 4.79 Å². The van der Waals surface area contributed by atoms with Crippen LogP contribution in [-0.2, 0) is 6.54 Å². The summed E-state index contributed by atoms with van der Waals surface area (Å²) in [6.45, 7) is 5.79. The van der Waals surface area contributed by atoms with Crippen molar-refractivity contribution in [1.82, 2.24) is 10.2 Å². The van der Waals surface area contributed by atoms with E-state index in [2.05, 4.69) is 43.4 Å². The van der Waals surface area contributed by atoms with E-state index < -0.39 is 6.10 Å². The highest BCUT2D eigenvalue weighted by molar-refractivity contribution is 5.88. The first-order valence-corrected chi connectivity index (χ1v) is 8.22. The average molecular weight is 312 g/mol. The Morgan fingerprint density at radius 1 is 1.22 bits per heavy atom. The van der Waals surface area contributed by atoms with E-state index in [4.69, 9.17) is 0 Å². The van der Waals surface area contributed by atoms with E-state index in [1.165, 1.54) is 16.3 Å². The maximum absolute atomic E-state index is 12.4. The maximum Gasteiger partial charge on any atom is 0.317 e. The average Bonchev–Trinajstić information content (AvgIpc) is 2.53. The molecule has 0 spiro atoms. The number of hydrogen-bond donors (Lipinski definition) is 2. The number of rotatable bonds is 2. The van der Waals surface area contributed by atoms with E-state index in [-0.39, 0.29) is 6.03 Å². The molecule has 2 aromatic rings. The monoisotopic (exact) mass is 312 g/mol. The van der Waals surface area contributed by atoms with Gasteiger partial charge in [0, 0.05) is 19.6 Å². The summed E-state index contributed by atoms with van der Waals surface area (Å²) in [5.74, 6) is 0.338. The minimum atomic E-state index is -0.412. The number of β-amino-alcohol motifs (C(OH)–C–C–N with tert-alkyl or cyclic N) is 1. The number of aliphatic hydroxyl groups is 1. The van der Waals surface area contributed by atoms with Gasteiger partial charge in [-0.15, -0.1) is 0 Å². The summed E-state index contributed by atoms with van der Waals surface area (Å²) in [7, 11) is 0. The van der Waals surface area contributed by atoms with Crippen molar-refractivity contribution in [2.45, 2.75) is 32.9 Å². The molecule has 2 aromatic carbocycles. The first kappa shape index (κ1) is 15.8. The molecule has 1 fully saturated rings. The Labute approximate surface area is 137 Å². The third-order valence-electron chi connectivity index (χ3n) is 4.59. The number of aliphatic hydroxyl groups excluding tert-OH is 1. The Kier molecular flexibility index (Phi) is 4.53. The zero-order valence-corrected chi connectivity index (χ0v) is 13.7. The number of likely N-dealkylation sites (tertiary alicyclic amines) is 1. The summed E-state index contributed by atoms with van der Waals surface area (Å²) in [5, 5.41) is 15.2. The molecule has 4 nitrogen and oxygen atoms in total. The molecule has 2 N–H and O–H groups in total. The molecule has 0 aromatic heterocycles. The minimum Gasteiger partial charge on any atom is -0.391 e. The quantitative estimate of drug-likeness (QED) is 0.895. The zero-order valence-electron chi connectivity index (χ0n) is 13.7. The second-order valence-corrected chi connectivity index (χ2v) is 6.65. The highest BCUT2D eigenvalue weighted by atomic mass is 16.3. The standard InChI is InChI=1S/C19H24N2O2/c1-13-9-16(22)12-21(11-13)19(23)20-10-15-8-7-14(2)17-5-3-4-6-18(15)17/h3-8,13,16,22H,9-12H2,1-2H3,(H,20,23)/t13-,16+/m1/s1. The van der Waals surface area contributed by atoms with Gasteiger partial charge in [-0.2, -0.15) is 0 Å². The van der Waals surface area contributed by atoms with Crippen LogP contribution in [0, 0.1) is 12.8 Å². The van der Waals surface area contributed by atoms with Gasteiger partial charge in [-0.3, -0.25) is 0 Å². The highest BCUT2D eigenvalue weighted by Gasteiger charge is 2.26. The van der Waals surface area contributed by atoms with Crippen LogP contribution in [0.5, 0.6) is 0 Å². The molecule has 2 amide bonds. The Balaban J connectivity index is 1.71. The van der Waals surface area contributed by atoms with Gasteiger partial charge >= 0.3 is 6.03 Å². The lowest BCUT2D eigenvalue weighted by Gasteiger charge is -2.34. The summed E-state index contributed by atoms with van der Waals surface area (Å²) in [5.41, 5.74) is 2.36. The van der Waals surface area contributed by atoms with Crippen LogP contribution in [0.3, 0.4) is 0 Å². The molecule has 0 unspecified atom stereocenters. The van der Waals surface area contributed by atoms with E-state index in [1.54, 1.807) is 4.90 Å². The van der Waals surface area contributed by atoms with E-state index in [1.807, 2.05) is 12.1 Å². The molecule has 0 radical (unpaired) electrons. The van der Waals surface area contributed by atoms with Crippen molar-refractivity contribution < 1.29 is 9.90 Å². The molecule has 4 heteroatoms. The molecule has 3 rings (SSSR count). The molecule has 1 aliphatic heterocycles. The summed E-state index contributed by atoms with van der Waals surface area (Å²) in [6, 6.07) is 12.3. The Hall–Kier alpha value is -2.07. The Bertz CT molecular complexity index is 704. The fraction of sp³-hybridized carbons (Fsp3) is 0.421. The van der Waals surface area contributed by atoms with Crippen LogP contribution in [0.25, 0.3) is 10.8 Å². The van der Waals surface area contributed by atoms with Crippen LogP contribution in [0.4, 0.5) is 4.79 Å². The number of nitrogens with one attached hydrogen (secondary N) is 1. The van der Waals surface area contributed by atoms with Crippen molar-refractivity contribution >= 4 is 16.8 Å². The number of nitrogens with zero attached hydrogens (tertiary/aromatic N) is 1. The normalized spacial score (nSPS) is 21.4. The lowest BCUT2D eigenvalue weighted by atomic mass is 9.98. The van der Waals surface area contributed by atoms with Gasteiger partial charge in [0.15, 0.2) is 0 Å². The second kappa shape index (κ2) is 6.59. The Morgan fingerprint density at radius 2 is 1.96 bits per heavy atom. The van der Waals surface area contributed by atoms with Crippen molar-refractivity contribution in [3.8, 4) is 0 Å². The van der Waals surface area contributed by atoms with Gasteiger partial charge in [0.05, 0.1) is 6.10 Å². The van der Waals surface area contributed by atoms with Crippen molar-refractivity contribution in [1.29, 1.82) is 0 Å². The highest BCUT2D eigenvalue weighted by Crippen LogP contribution is 2.22. The number of carbonyl (C=O) groups is 1. The van der Waals surface area contributed by atoms with Crippen LogP contribution in [0.1, 0.15) is 24.5 Å². The number of piperidine rings is 1. The number of hydrogen-bond acceptors (Lipinski definition) is 2. The first-order valence-electron chi connectivity index (χ1n) is 8.22. The second-order valence-electron chi connectivity index (χ2n) is 6.65.